The average molecular weight is 520 g/mol. The molecule has 0 unspecified atom stereocenters. The average Bonchev–Trinajstić information content (AvgIpc) is 3.40. The standard InChI is InChI=1S/C30H34FN3O4/c1-20(2)29(35)34-13-12-21-6-9-24(18-26(21)28(34)22-4-7-23(31)8-5-22)37-19-25-10-11-27(38-25)30(36)33-16-14-32(3)15-17-33/h4-11,18,20,28H,12-17,19H2,1-3H3/t28-/m1/s1. The van der Waals surface area contributed by atoms with E-state index in [-0.39, 0.29) is 36.2 Å². The fourth-order valence-corrected chi connectivity index (χ4v) is 5.15. The number of halogens is 1. The van der Waals surface area contributed by atoms with Crippen molar-refractivity contribution in [3.05, 3.63) is 88.6 Å². The first-order valence-corrected chi connectivity index (χ1v) is 13.2. The second-order valence-electron chi connectivity index (χ2n) is 10.4. The SMILES string of the molecule is CC(C)C(=O)N1CCc2ccc(OCc3ccc(C(=O)N4CCN(C)CC4)o3)cc2[C@H]1c1ccc(F)cc1. The second-order valence-corrected chi connectivity index (χ2v) is 10.4. The van der Waals surface area contributed by atoms with Gasteiger partial charge in [-0.15, -0.1) is 0 Å². The van der Waals surface area contributed by atoms with Crippen LogP contribution in [-0.2, 0) is 17.8 Å². The van der Waals surface area contributed by atoms with E-state index in [0.29, 0.717) is 36.9 Å². The minimum Gasteiger partial charge on any atom is -0.486 e. The van der Waals surface area contributed by atoms with Crippen molar-refractivity contribution in [3.8, 4) is 5.75 Å². The molecule has 1 atom stereocenters. The Morgan fingerprint density at radius 1 is 1.00 bits per heavy atom. The molecule has 2 aliphatic rings. The number of hydrogen-bond acceptors (Lipinski definition) is 5. The summed E-state index contributed by atoms with van der Waals surface area (Å²) in [7, 11) is 2.05. The van der Waals surface area contributed by atoms with Crippen LogP contribution in [0, 0.1) is 11.7 Å². The van der Waals surface area contributed by atoms with Gasteiger partial charge in [-0.3, -0.25) is 9.59 Å². The maximum absolute atomic E-state index is 13.7. The van der Waals surface area contributed by atoms with E-state index in [0.717, 1.165) is 36.2 Å². The molecule has 8 heteroatoms. The summed E-state index contributed by atoms with van der Waals surface area (Å²) >= 11 is 0. The van der Waals surface area contributed by atoms with Crippen LogP contribution in [0.15, 0.2) is 59.0 Å². The lowest BCUT2D eigenvalue weighted by Crippen LogP contribution is -2.47. The molecule has 5 rings (SSSR count). The molecule has 1 fully saturated rings. The van der Waals surface area contributed by atoms with Crippen LogP contribution in [0.2, 0.25) is 0 Å². The topological polar surface area (TPSA) is 66.2 Å². The van der Waals surface area contributed by atoms with Crippen LogP contribution in [0.25, 0.3) is 0 Å². The number of hydrogen-bond donors (Lipinski definition) is 0. The maximum Gasteiger partial charge on any atom is 0.289 e. The van der Waals surface area contributed by atoms with Gasteiger partial charge in [-0.2, -0.15) is 0 Å². The zero-order valence-electron chi connectivity index (χ0n) is 22.2. The molecular formula is C30H34FN3O4. The number of fused-ring (bicyclic) bond motifs is 1. The van der Waals surface area contributed by atoms with Crippen LogP contribution >= 0.6 is 0 Å². The molecule has 0 spiro atoms. The number of carbonyl (C=O) groups is 2. The third kappa shape index (κ3) is 5.45. The summed E-state index contributed by atoms with van der Waals surface area (Å²) in [5, 5.41) is 0. The molecule has 0 bridgehead atoms. The van der Waals surface area contributed by atoms with Crippen molar-refractivity contribution >= 4 is 11.8 Å². The van der Waals surface area contributed by atoms with Gasteiger partial charge in [-0.05, 0) is 66.6 Å². The molecule has 3 aromatic rings. The van der Waals surface area contributed by atoms with E-state index in [1.54, 1.807) is 24.3 Å². The molecule has 7 nitrogen and oxygen atoms in total. The molecule has 2 aliphatic heterocycles. The van der Waals surface area contributed by atoms with E-state index in [1.165, 1.54) is 12.1 Å². The van der Waals surface area contributed by atoms with Gasteiger partial charge in [0, 0.05) is 38.6 Å². The molecule has 2 amide bonds. The maximum atomic E-state index is 13.7. The van der Waals surface area contributed by atoms with Gasteiger partial charge in [-0.1, -0.05) is 32.0 Å². The van der Waals surface area contributed by atoms with E-state index in [1.807, 2.05) is 48.9 Å². The van der Waals surface area contributed by atoms with Crippen molar-refractivity contribution in [3.63, 3.8) is 0 Å². The van der Waals surface area contributed by atoms with Gasteiger partial charge in [-0.25, -0.2) is 4.39 Å². The number of nitrogens with zero attached hydrogens (tertiary/aromatic N) is 3. The largest absolute Gasteiger partial charge is 0.486 e. The van der Waals surface area contributed by atoms with Crippen molar-refractivity contribution in [2.75, 3.05) is 39.8 Å². The number of ether oxygens (including phenoxy) is 1. The number of likely N-dealkylation sites (N-methyl/N-ethyl adjacent to an activating group) is 1. The summed E-state index contributed by atoms with van der Waals surface area (Å²) in [4.78, 5) is 31.8. The first kappa shape index (κ1) is 26.0. The second kappa shape index (κ2) is 11.0. The molecule has 38 heavy (non-hydrogen) atoms. The highest BCUT2D eigenvalue weighted by molar-refractivity contribution is 5.91. The van der Waals surface area contributed by atoms with E-state index in [4.69, 9.17) is 9.15 Å². The summed E-state index contributed by atoms with van der Waals surface area (Å²) in [5.41, 5.74) is 2.97. The summed E-state index contributed by atoms with van der Waals surface area (Å²) in [6, 6.07) is 15.4. The predicted octanol–water partition coefficient (Wildman–Crippen LogP) is 4.52. The summed E-state index contributed by atoms with van der Waals surface area (Å²) in [5.74, 6) is 1.01. The summed E-state index contributed by atoms with van der Waals surface area (Å²) in [6.45, 7) is 7.62. The molecule has 0 aliphatic carbocycles. The van der Waals surface area contributed by atoms with E-state index < -0.39 is 0 Å². The molecule has 2 aromatic carbocycles. The van der Waals surface area contributed by atoms with Crippen LogP contribution in [-0.4, -0.2) is 66.3 Å². The highest BCUT2D eigenvalue weighted by Crippen LogP contribution is 2.38. The van der Waals surface area contributed by atoms with E-state index in [2.05, 4.69) is 4.90 Å². The Morgan fingerprint density at radius 2 is 1.74 bits per heavy atom. The fraction of sp³-hybridized carbons (Fsp3) is 0.400. The van der Waals surface area contributed by atoms with Gasteiger partial charge in [0.2, 0.25) is 5.91 Å². The number of furan rings is 1. The molecule has 0 radical (unpaired) electrons. The van der Waals surface area contributed by atoms with E-state index in [9.17, 15) is 14.0 Å². The Kier molecular flexibility index (Phi) is 7.51. The molecule has 0 N–H and O–H groups in total. The molecule has 3 heterocycles. The van der Waals surface area contributed by atoms with Crippen molar-refractivity contribution in [1.29, 1.82) is 0 Å². The normalized spacial score (nSPS) is 18.0. The van der Waals surface area contributed by atoms with Crippen molar-refractivity contribution in [1.82, 2.24) is 14.7 Å². The number of carbonyl (C=O) groups excluding carboxylic acids is 2. The summed E-state index contributed by atoms with van der Waals surface area (Å²) < 4.78 is 25.6. The Morgan fingerprint density at radius 3 is 2.45 bits per heavy atom. The zero-order chi connectivity index (χ0) is 26.8. The lowest BCUT2D eigenvalue weighted by atomic mass is 9.87. The van der Waals surface area contributed by atoms with Gasteiger partial charge < -0.3 is 23.9 Å². The smallest absolute Gasteiger partial charge is 0.289 e. The highest BCUT2D eigenvalue weighted by atomic mass is 19.1. The third-order valence-electron chi connectivity index (χ3n) is 7.35. The van der Waals surface area contributed by atoms with E-state index >= 15 is 0 Å². The number of rotatable bonds is 6. The first-order valence-electron chi connectivity index (χ1n) is 13.2. The van der Waals surface area contributed by atoms with Gasteiger partial charge in [0.1, 0.15) is 23.9 Å². The zero-order valence-corrected chi connectivity index (χ0v) is 22.2. The number of piperazine rings is 1. The van der Waals surface area contributed by atoms with Crippen molar-refractivity contribution in [2.24, 2.45) is 5.92 Å². The minimum absolute atomic E-state index is 0.0597. The number of amides is 2. The van der Waals surface area contributed by atoms with Crippen LogP contribution < -0.4 is 4.74 Å². The molecular weight excluding hydrogens is 485 g/mol. The Balaban J connectivity index is 1.34. The van der Waals surface area contributed by atoms with Gasteiger partial charge in [0.25, 0.3) is 5.91 Å². The molecule has 1 saturated heterocycles. The molecule has 200 valence electrons. The Hall–Kier alpha value is -3.65. The van der Waals surface area contributed by atoms with Crippen LogP contribution in [0.1, 0.15) is 52.9 Å². The predicted molar refractivity (Wildman–Crippen MR) is 141 cm³/mol. The van der Waals surface area contributed by atoms with Crippen LogP contribution in [0.3, 0.4) is 0 Å². The quantitative estimate of drug-likeness (QED) is 0.479. The summed E-state index contributed by atoms with van der Waals surface area (Å²) in [6.07, 6.45) is 0.738. The third-order valence-corrected chi connectivity index (χ3v) is 7.35. The Labute approximate surface area is 222 Å². The fourth-order valence-electron chi connectivity index (χ4n) is 5.15. The van der Waals surface area contributed by atoms with Gasteiger partial charge in [0.15, 0.2) is 5.76 Å². The number of benzene rings is 2. The van der Waals surface area contributed by atoms with Gasteiger partial charge >= 0.3 is 0 Å². The minimum atomic E-state index is -0.325. The molecule has 1 aromatic heterocycles. The highest BCUT2D eigenvalue weighted by Gasteiger charge is 2.33. The monoisotopic (exact) mass is 519 g/mol. The van der Waals surface area contributed by atoms with Crippen molar-refractivity contribution < 1.29 is 23.1 Å². The Bertz CT molecular complexity index is 1300. The van der Waals surface area contributed by atoms with Crippen LogP contribution in [0.5, 0.6) is 5.75 Å². The van der Waals surface area contributed by atoms with Gasteiger partial charge in [0.05, 0.1) is 6.04 Å². The first-order chi connectivity index (χ1) is 18.3. The molecule has 0 saturated carbocycles. The lowest BCUT2D eigenvalue weighted by molar-refractivity contribution is -0.136. The van der Waals surface area contributed by atoms with Crippen LogP contribution in [0.4, 0.5) is 4.39 Å². The lowest BCUT2D eigenvalue weighted by Gasteiger charge is -2.39. The van der Waals surface area contributed by atoms with Crippen molar-refractivity contribution in [2.45, 2.75) is 32.9 Å².